The molecule has 2 aromatic carbocycles. The summed E-state index contributed by atoms with van der Waals surface area (Å²) in [5, 5.41) is 10.2. The van der Waals surface area contributed by atoms with Gasteiger partial charge in [-0.05, 0) is 67.3 Å². The first-order valence-corrected chi connectivity index (χ1v) is 13.9. The van der Waals surface area contributed by atoms with Gasteiger partial charge >= 0.3 is 0 Å². The SMILES string of the molecule is COc1ccc(S(=O)(=O)N2CCCCN3[C@H](CO)[C@H](c4ccc(C#CCC(C)C)cc4)[C@@H]3C2)cc1. The van der Waals surface area contributed by atoms with Crippen molar-refractivity contribution in [3.05, 3.63) is 59.7 Å². The second-order valence-electron chi connectivity index (χ2n) is 9.85. The molecular weight excluding hydrogens is 460 g/mol. The van der Waals surface area contributed by atoms with Crippen LogP contribution in [-0.2, 0) is 10.0 Å². The first-order valence-electron chi connectivity index (χ1n) is 12.4. The van der Waals surface area contributed by atoms with Gasteiger partial charge in [-0.3, -0.25) is 4.90 Å². The van der Waals surface area contributed by atoms with E-state index in [4.69, 9.17) is 4.74 Å². The van der Waals surface area contributed by atoms with Crippen molar-refractivity contribution >= 4 is 10.0 Å². The van der Waals surface area contributed by atoms with Crippen LogP contribution in [0.5, 0.6) is 5.75 Å². The Balaban J connectivity index is 1.56. The zero-order valence-electron chi connectivity index (χ0n) is 20.9. The van der Waals surface area contributed by atoms with Crippen LogP contribution >= 0.6 is 0 Å². The van der Waals surface area contributed by atoms with E-state index in [1.54, 1.807) is 35.7 Å². The molecule has 0 radical (unpaired) electrons. The number of methoxy groups -OCH3 is 1. The highest BCUT2D eigenvalue weighted by molar-refractivity contribution is 7.89. The number of nitrogens with zero attached hydrogens (tertiary/aromatic N) is 2. The maximum atomic E-state index is 13.5. The van der Waals surface area contributed by atoms with Gasteiger partial charge in [-0.25, -0.2) is 8.42 Å². The number of sulfonamides is 1. The summed E-state index contributed by atoms with van der Waals surface area (Å²) in [6.07, 6.45) is 2.57. The number of ether oxygens (including phenoxy) is 1. The lowest BCUT2D eigenvalue weighted by Gasteiger charge is -2.57. The maximum absolute atomic E-state index is 13.5. The van der Waals surface area contributed by atoms with Gasteiger partial charge in [0.25, 0.3) is 0 Å². The molecule has 0 spiro atoms. The largest absolute Gasteiger partial charge is 0.497 e. The van der Waals surface area contributed by atoms with E-state index in [-0.39, 0.29) is 29.5 Å². The van der Waals surface area contributed by atoms with Gasteiger partial charge in [-0.1, -0.05) is 37.8 Å². The van der Waals surface area contributed by atoms with Gasteiger partial charge in [0.05, 0.1) is 18.6 Å². The minimum atomic E-state index is -3.63. The Kier molecular flexibility index (Phi) is 8.18. The lowest BCUT2D eigenvalue weighted by Crippen LogP contribution is -2.67. The average molecular weight is 497 g/mol. The molecule has 0 bridgehead atoms. The molecule has 188 valence electrons. The van der Waals surface area contributed by atoms with Crippen molar-refractivity contribution in [3.63, 3.8) is 0 Å². The molecule has 0 unspecified atom stereocenters. The Morgan fingerprint density at radius 2 is 1.74 bits per heavy atom. The summed E-state index contributed by atoms with van der Waals surface area (Å²) in [6, 6.07) is 14.9. The van der Waals surface area contributed by atoms with Gasteiger partial charge in [0, 0.05) is 43.1 Å². The minimum absolute atomic E-state index is 0.00140. The average Bonchev–Trinajstić information content (AvgIpc) is 2.83. The van der Waals surface area contributed by atoms with Crippen LogP contribution in [0, 0.1) is 17.8 Å². The van der Waals surface area contributed by atoms with Crippen LogP contribution in [0.1, 0.15) is 50.2 Å². The Bertz CT molecular complexity index is 1150. The highest BCUT2D eigenvalue weighted by Crippen LogP contribution is 2.42. The van der Waals surface area contributed by atoms with Crippen LogP contribution in [0.25, 0.3) is 0 Å². The van der Waals surface area contributed by atoms with E-state index in [9.17, 15) is 13.5 Å². The molecule has 2 aromatic rings. The highest BCUT2D eigenvalue weighted by atomic mass is 32.2. The van der Waals surface area contributed by atoms with Crippen LogP contribution in [0.15, 0.2) is 53.4 Å². The Morgan fingerprint density at radius 1 is 1.06 bits per heavy atom. The van der Waals surface area contributed by atoms with Crippen molar-refractivity contribution in [1.82, 2.24) is 9.21 Å². The maximum Gasteiger partial charge on any atom is 0.243 e. The molecule has 1 N–H and O–H groups in total. The molecule has 0 amide bonds. The van der Waals surface area contributed by atoms with Crippen molar-refractivity contribution in [2.24, 2.45) is 5.92 Å². The predicted molar refractivity (Wildman–Crippen MR) is 138 cm³/mol. The molecule has 2 heterocycles. The predicted octanol–water partition coefficient (Wildman–Crippen LogP) is 3.71. The van der Waals surface area contributed by atoms with Gasteiger partial charge in [0.2, 0.25) is 10.0 Å². The lowest BCUT2D eigenvalue weighted by atomic mass is 9.74. The Morgan fingerprint density at radius 3 is 2.37 bits per heavy atom. The molecule has 4 rings (SSSR count). The van der Waals surface area contributed by atoms with Crippen molar-refractivity contribution in [2.45, 2.75) is 56.0 Å². The number of benzene rings is 2. The van der Waals surface area contributed by atoms with E-state index >= 15 is 0 Å². The molecule has 2 saturated heterocycles. The zero-order chi connectivity index (χ0) is 25.0. The van der Waals surface area contributed by atoms with E-state index in [0.717, 1.165) is 36.9 Å². The van der Waals surface area contributed by atoms with Crippen LogP contribution < -0.4 is 4.74 Å². The quantitative estimate of drug-likeness (QED) is 0.618. The second-order valence-corrected chi connectivity index (χ2v) is 11.8. The van der Waals surface area contributed by atoms with Gasteiger partial charge < -0.3 is 9.84 Å². The Hall–Kier alpha value is -2.37. The van der Waals surface area contributed by atoms with Gasteiger partial charge in [-0.2, -0.15) is 4.31 Å². The molecule has 7 heteroatoms. The summed E-state index contributed by atoms with van der Waals surface area (Å²) in [7, 11) is -2.07. The van der Waals surface area contributed by atoms with Crippen molar-refractivity contribution in [2.75, 3.05) is 33.4 Å². The van der Waals surface area contributed by atoms with Crippen molar-refractivity contribution in [1.29, 1.82) is 0 Å². The third-order valence-corrected chi connectivity index (χ3v) is 8.95. The molecule has 0 saturated carbocycles. The van der Waals surface area contributed by atoms with E-state index in [2.05, 4.69) is 42.7 Å². The summed E-state index contributed by atoms with van der Waals surface area (Å²) in [6.45, 7) is 6.15. The number of rotatable bonds is 6. The summed E-state index contributed by atoms with van der Waals surface area (Å²) in [5.41, 5.74) is 2.11. The number of aliphatic hydroxyl groups is 1. The number of fused-ring (bicyclic) bond motifs is 1. The summed E-state index contributed by atoms with van der Waals surface area (Å²) in [5.74, 6) is 7.70. The monoisotopic (exact) mass is 496 g/mol. The summed E-state index contributed by atoms with van der Waals surface area (Å²) >= 11 is 0. The third kappa shape index (κ3) is 5.57. The smallest absolute Gasteiger partial charge is 0.243 e. The molecule has 3 atom stereocenters. The van der Waals surface area contributed by atoms with Gasteiger partial charge in [0.15, 0.2) is 0 Å². The standard InChI is InChI=1S/C28H36N2O4S/c1-21(2)7-6-8-22-9-11-23(12-10-22)28-26-19-29(17-4-5-18-30(26)27(28)20-31)35(32,33)25-15-13-24(34-3)14-16-25/h9-16,21,26-28,31H,4-5,7,17-20H2,1-3H3/t26-,27+,28+/m0/s1. The molecule has 2 aliphatic rings. The molecule has 6 nitrogen and oxygen atoms in total. The Labute approximate surface area is 210 Å². The van der Waals surface area contributed by atoms with Gasteiger partial charge in [-0.15, -0.1) is 0 Å². The molecule has 2 fully saturated rings. The first kappa shape index (κ1) is 25.7. The van der Waals surface area contributed by atoms with Crippen molar-refractivity contribution in [3.8, 4) is 17.6 Å². The molecule has 0 aliphatic carbocycles. The van der Waals surface area contributed by atoms with Crippen molar-refractivity contribution < 1.29 is 18.3 Å². The molecule has 2 aliphatic heterocycles. The summed E-state index contributed by atoms with van der Waals surface area (Å²) < 4.78 is 33.8. The minimum Gasteiger partial charge on any atom is -0.497 e. The third-order valence-electron chi connectivity index (χ3n) is 7.07. The number of hydrogen-bond acceptors (Lipinski definition) is 5. The zero-order valence-corrected chi connectivity index (χ0v) is 21.7. The highest BCUT2D eigenvalue weighted by Gasteiger charge is 2.50. The van der Waals surface area contributed by atoms with Crippen LogP contribution in [-0.4, -0.2) is 68.2 Å². The normalized spacial score (nSPS) is 23.4. The molecule has 35 heavy (non-hydrogen) atoms. The van der Waals surface area contributed by atoms with Gasteiger partial charge in [0.1, 0.15) is 5.75 Å². The fourth-order valence-electron chi connectivity index (χ4n) is 5.17. The van der Waals surface area contributed by atoms with E-state index in [0.29, 0.717) is 24.8 Å². The van der Waals surface area contributed by atoms with E-state index in [1.807, 2.05) is 12.1 Å². The summed E-state index contributed by atoms with van der Waals surface area (Å²) in [4.78, 5) is 2.57. The molecular formula is C28H36N2O4S. The van der Waals surface area contributed by atoms with Crippen LogP contribution in [0.2, 0.25) is 0 Å². The van der Waals surface area contributed by atoms with E-state index < -0.39 is 10.0 Å². The lowest BCUT2D eigenvalue weighted by molar-refractivity contribution is -0.0553. The second kappa shape index (κ2) is 11.1. The molecule has 0 aromatic heterocycles. The van der Waals surface area contributed by atoms with E-state index in [1.165, 1.54) is 0 Å². The van der Waals surface area contributed by atoms with Crippen LogP contribution in [0.3, 0.4) is 0 Å². The number of hydrogen-bond donors (Lipinski definition) is 1. The number of aliphatic hydroxyl groups excluding tert-OH is 1. The van der Waals surface area contributed by atoms with Crippen LogP contribution in [0.4, 0.5) is 0 Å². The topological polar surface area (TPSA) is 70.1 Å². The first-order chi connectivity index (χ1) is 16.8. The fourth-order valence-corrected chi connectivity index (χ4v) is 6.67. The fraction of sp³-hybridized carbons (Fsp3) is 0.500.